The number of ether oxygens (including phenoxy) is 1. The molecule has 1 aromatic rings. The largest absolute Gasteiger partial charge is 0.380 e. The monoisotopic (exact) mass is 330 g/mol. The van der Waals surface area contributed by atoms with Gasteiger partial charge in [-0.15, -0.1) is 0 Å². The molecule has 106 valence electrons. The number of rotatable bonds is 8. The Morgan fingerprint density at radius 3 is 2.84 bits per heavy atom. The number of hydrogen-bond donors (Lipinski definition) is 1. The lowest BCUT2D eigenvalue weighted by Crippen LogP contribution is -2.20. The molecule has 0 aromatic heterocycles. The van der Waals surface area contributed by atoms with Gasteiger partial charge in [0, 0.05) is 25.8 Å². The van der Waals surface area contributed by atoms with E-state index in [9.17, 15) is 10.1 Å². The van der Waals surface area contributed by atoms with Crippen LogP contribution in [0.2, 0.25) is 0 Å². The zero-order valence-corrected chi connectivity index (χ0v) is 12.8. The summed E-state index contributed by atoms with van der Waals surface area (Å²) in [6.45, 7) is 6.95. The Morgan fingerprint density at radius 1 is 1.47 bits per heavy atom. The molecule has 1 rings (SSSR count). The molecule has 0 aliphatic heterocycles. The van der Waals surface area contributed by atoms with Crippen LogP contribution in [0.5, 0.6) is 0 Å². The first-order chi connectivity index (χ1) is 9.00. The second kappa shape index (κ2) is 8.24. The Labute approximate surface area is 121 Å². The minimum Gasteiger partial charge on any atom is -0.380 e. The molecular weight excluding hydrogens is 312 g/mol. The second-order valence-electron chi connectivity index (χ2n) is 4.69. The molecule has 0 atom stereocenters. The van der Waals surface area contributed by atoms with Gasteiger partial charge >= 0.3 is 0 Å². The number of nitro groups is 1. The van der Waals surface area contributed by atoms with E-state index in [2.05, 4.69) is 35.1 Å². The second-order valence-corrected chi connectivity index (χ2v) is 5.54. The first-order valence-electron chi connectivity index (χ1n) is 6.22. The van der Waals surface area contributed by atoms with Crippen LogP contribution in [-0.4, -0.2) is 24.7 Å². The Kier molecular flexibility index (Phi) is 6.97. The summed E-state index contributed by atoms with van der Waals surface area (Å²) in [6.07, 6.45) is 0. The highest BCUT2D eigenvalue weighted by Crippen LogP contribution is 2.25. The van der Waals surface area contributed by atoms with Crippen molar-refractivity contribution in [1.29, 1.82) is 0 Å². The van der Waals surface area contributed by atoms with Gasteiger partial charge in [-0.2, -0.15) is 0 Å². The molecule has 1 N–H and O–H groups in total. The lowest BCUT2D eigenvalue weighted by Gasteiger charge is -2.08. The van der Waals surface area contributed by atoms with Gasteiger partial charge in [0.05, 0.1) is 16.0 Å². The first-order valence-corrected chi connectivity index (χ1v) is 7.01. The van der Waals surface area contributed by atoms with Gasteiger partial charge in [-0.1, -0.05) is 19.9 Å². The van der Waals surface area contributed by atoms with E-state index < -0.39 is 0 Å². The maximum Gasteiger partial charge on any atom is 0.283 e. The van der Waals surface area contributed by atoms with E-state index in [1.807, 2.05) is 6.07 Å². The molecule has 0 saturated carbocycles. The molecule has 6 heteroatoms. The van der Waals surface area contributed by atoms with Crippen molar-refractivity contribution in [3.8, 4) is 0 Å². The van der Waals surface area contributed by atoms with E-state index in [4.69, 9.17) is 4.74 Å². The number of nitro benzene ring substituents is 1. The van der Waals surface area contributed by atoms with E-state index in [0.29, 0.717) is 23.5 Å². The van der Waals surface area contributed by atoms with Crippen LogP contribution < -0.4 is 5.32 Å². The van der Waals surface area contributed by atoms with Crippen LogP contribution in [0.25, 0.3) is 0 Å². The smallest absolute Gasteiger partial charge is 0.283 e. The van der Waals surface area contributed by atoms with Crippen LogP contribution in [0.1, 0.15) is 19.4 Å². The fourth-order valence-electron chi connectivity index (χ4n) is 1.50. The predicted molar refractivity (Wildman–Crippen MR) is 78.2 cm³/mol. The van der Waals surface area contributed by atoms with Crippen LogP contribution in [0.15, 0.2) is 22.7 Å². The van der Waals surface area contributed by atoms with Gasteiger partial charge in [-0.05, 0) is 33.5 Å². The first kappa shape index (κ1) is 16.1. The van der Waals surface area contributed by atoms with Crippen molar-refractivity contribution >= 4 is 21.6 Å². The van der Waals surface area contributed by atoms with Gasteiger partial charge in [0.15, 0.2) is 0 Å². The molecule has 1 aromatic carbocycles. The summed E-state index contributed by atoms with van der Waals surface area (Å²) in [5.74, 6) is 0.536. The lowest BCUT2D eigenvalue weighted by molar-refractivity contribution is -0.385. The molecule has 0 fully saturated rings. The predicted octanol–water partition coefficient (Wildman–Crippen LogP) is 3.12. The third-order valence-corrected chi connectivity index (χ3v) is 3.08. The molecule has 5 nitrogen and oxygen atoms in total. The topological polar surface area (TPSA) is 64.4 Å². The highest BCUT2D eigenvalue weighted by atomic mass is 79.9. The number of nitrogens with zero attached hydrogens (tertiary/aromatic N) is 1. The van der Waals surface area contributed by atoms with Crippen molar-refractivity contribution in [3.63, 3.8) is 0 Å². The molecule has 0 spiro atoms. The highest BCUT2D eigenvalue weighted by molar-refractivity contribution is 9.10. The summed E-state index contributed by atoms with van der Waals surface area (Å²) in [4.78, 5) is 10.4. The quantitative estimate of drug-likeness (QED) is 0.452. The van der Waals surface area contributed by atoms with Gasteiger partial charge in [-0.25, -0.2) is 0 Å². The van der Waals surface area contributed by atoms with Gasteiger partial charge in [-0.3, -0.25) is 10.1 Å². The molecule has 0 heterocycles. The summed E-state index contributed by atoms with van der Waals surface area (Å²) in [6, 6.07) is 5.13. The van der Waals surface area contributed by atoms with Crippen molar-refractivity contribution in [3.05, 3.63) is 38.3 Å². The van der Waals surface area contributed by atoms with Crippen LogP contribution in [0, 0.1) is 16.0 Å². The van der Waals surface area contributed by atoms with E-state index in [1.165, 1.54) is 0 Å². The Hall–Kier alpha value is -0.980. The summed E-state index contributed by atoms with van der Waals surface area (Å²) in [7, 11) is 0. The van der Waals surface area contributed by atoms with Crippen molar-refractivity contribution in [2.45, 2.75) is 20.4 Å². The van der Waals surface area contributed by atoms with Crippen LogP contribution >= 0.6 is 15.9 Å². The van der Waals surface area contributed by atoms with Crippen molar-refractivity contribution < 1.29 is 9.66 Å². The van der Waals surface area contributed by atoms with E-state index in [-0.39, 0.29) is 10.6 Å². The van der Waals surface area contributed by atoms with E-state index in [0.717, 1.165) is 18.7 Å². The molecule has 0 radical (unpaired) electrons. The van der Waals surface area contributed by atoms with E-state index in [1.54, 1.807) is 12.1 Å². The summed E-state index contributed by atoms with van der Waals surface area (Å²) in [5, 5.41) is 14.0. The SMILES string of the molecule is CC(C)COCCNCc1ccc(Br)c([N+](=O)[O-])c1. The number of halogens is 1. The average molecular weight is 331 g/mol. The minimum absolute atomic E-state index is 0.0929. The molecular formula is C13H19BrN2O3. The summed E-state index contributed by atoms with van der Waals surface area (Å²) < 4.78 is 5.94. The molecule has 0 aliphatic rings. The van der Waals surface area contributed by atoms with Crippen LogP contribution in [0.3, 0.4) is 0 Å². The van der Waals surface area contributed by atoms with Gasteiger partial charge in [0.25, 0.3) is 5.69 Å². The average Bonchev–Trinajstić information content (AvgIpc) is 2.34. The fraction of sp³-hybridized carbons (Fsp3) is 0.538. The molecule has 0 unspecified atom stereocenters. The fourth-order valence-corrected chi connectivity index (χ4v) is 1.90. The Bertz CT molecular complexity index is 424. The van der Waals surface area contributed by atoms with Gasteiger partial charge < -0.3 is 10.1 Å². The lowest BCUT2D eigenvalue weighted by atomic mass is 10.2. The zero-order chi connectivity index (χ0) is 14.3. The van der Waals surface area contributed by atoms with Crippen LogP contribution in [-0.2, 0) is 11.3 Å². The number of benzene rings is 1. The Balaban J connectivity index is 2.34. The van der Waals surface area contributed by atoms with Crippen molar-refractivity contribution in [1.82, 2.24) is 5.32 Å². The minimum atomic E-state index is -0.390. The van der Waals surface area contributed by atoms with Crippen LogP contribution in [0.4, 0.5) is 5.69 Å². The zero-order valence-electron chi connectivity index (χ0n) is 11.2. The third-order valence-electron chi connectivity index (χ3n) is 2.41. The standard InChI is InChI=1S/C13H19BrN2O3/c1-10(2)9-19-6-5-15-8-11-3-4-12(14)13(7-11)16(17)18/h3-4,7,10,15H,5-6,8-9H2,1-2H3. The van der Waals surface area contributed by atoms with Crippen molar-refractivity contribution in [2.75, 3.05) is 19.8 Å². The maximum absolute atomic E-state index is 10.8. The normalized spacial score (nSPS) is 10.9. The maximum atomic E-state index is 10.8. The molecule has 0 aliphatic carbocycles. The molecule has 19 heavy (non-hydrogen) atoms. The summed E-state index contributed by atoms with van der Waals surface area (Å²) >= 11 is 3.16. The number of nitrogens with one attached hydrogen (secondary N) is 1. The summed E-state index contributed by atoms with van der Waals surface area (Å²) in [5.41, 5.74) is 0.981. The van der Waals surface area contributed by atoms with E-state index >= 15 is 0 Å². The van der Waals surface area contributed by atoms with Gasteiger partial charge in [0.2, 0.25) is 0 Å². The molecule has 0 bridgehead atoms. The van der Waals surface area contributed by atoms with Gasteiger partial charge in [0.1, 0.15) is 0 Å². The Morgan fingerprint density at radius 2 is 2.21 bits per heavy atom. The third kappa shape index (κ3) is 6.13. The molecule has 0 amide bonds. The van der Waals surface area contributed by atoms with Crippen molar-refractivity contribution in [2.24, 2.45) is 5.92 Å². The number of hydrogen-bond acceptors (Lipinski definition) is 4. The highest BCUT2D eigenvalue weighted by Gasteiger charge is 2.11. The molecule has 0 saturated heterocycles.